The van der Waals surface area contributed by atoms with Gasteiger partial charge in [0.05, 0.1) is 12.9 Å². The number of nitrogens with one attached hydrogen (secondary N) is 1. The molecule has 124 valence electrons. The Hall–Kier alpha value is -1.92. The largest absolute Gasteiger partial charge is 0.496 e. The van der Waals surface area contributed by atoms with Gasteiger partial charge in [0.2, 0.25) is 10.0 Å². The Morgan fingerprint density at radius 2 is 1.74 bits per heavy atom. The molecule has 0 aromatic heterocycles. The predicted molar refractivity (Wildman–Crippen MR) is 88.3 cm³/mol. The molecular weight excluding hydrogens is 317 g/mol. The van der Waals surface area contributed by atoms with Crippen molar-refractivity contribution >= 4 is 10.0 Å². The molecule has 1 N–H and O–H groups in total. The van der Waals surface area contributed by atoms with E-state index in [1.807, 2.05) is 26.0 Å². The van der Waals surface area contributed by atoms with Gasteiger partial charge in [-0.25, -0.2) is 17.5 Å². The van der Waals surface area contributed by atoms with E-state index in [4.69, 9.17) is 4.74 Å². The first kappa shape index (κ1) is 17.4. The maximum atomic E-state index is 12.9. The number of aryl methyl sites for hydroxylation is 2. The summed E-state index contributed by atoms with van der Waals surface area (Å²) in [7, 11) is -1.89. The lowest BCUT2D eigenvalue weighted by Gasteiger charge is -2.12. The number of sulfonamides is 1. The van der Waals surface area contributed by atoms with Gasteiger partial charge in [0, 0.05) is 6.54 Å². The van der Waals surface area contributed by atoms with E-state index in [1.165, 1.54) is 24.3 Å². The Labute approximate surface area is 136 Å². The molecule has 0 saturated carbocycles. The second-order valence-electron chi connectivity index (χ2n) is 5.45. The molecule has 2 rings (SSSR count). The summed E-state index contributed by atoms with van der Waals surface area (Å²) >= 11 is 0. The first-order valence-corrected chi connectivity index (χ1v) is 8.82. The number of ether oxygens (including phenoxy) is 1. The molecule has 23 heavy (non-hydrogen) atoms. The Bertz CT molecular complexity index is 786. The van der Waals surface area contributed by atoms with Crippen LogP contribution in [-0.4, -0.2) is 15.5 Å². The fourth-order valence-corrected chi connectivity index (χ4v) is 3.41. The van der Waals surface area contributed by atoms with Crippen molar-refractivity contribution in [3.05, 3.63) is 64.5 Å². The topological polar surface area (TPSA) is 55.4 Å². The van der Waals surface area contributed by atoms with E-state index >= 15 is 0 Å². The molecule has 0 unspecified atom stereocenters. The van der Waals surface area contributed by atoms with Gasteiger partial charge in [0.15, 0.2) is 0 Å². The van der Waals surface area contributed by atoms with Crippen molar-refractivity contribution in [3.63, 3.8) is 0 Å². The molecule has 0 aliphatic rings. The second kappa shape index (κ2) is 7.10. The van der Waals surface area contributed by atoms with Gasteiger partial charge < -0.3 is 4.74 Å². The number of halogens is 1. The summed E-state index contributed by atoms with van der Waals surface area (Å²) in [6.07, 6.45) is 0. The van der Waals surface area contributed by atoms with Crippen LogP contribution in [0.25, 0.3) is 0 Å². The van der Waals surface area contributed by atoms with Crippen LogP contribution in [-0.2, 0) is 22.3 Å². The zero-order valence-electron chi connectivity index (χ0n) is 13.4. The van der Waals surface area contributed by atoms with Gasteiger partial charge in [-0.3, -0.25) is 0 Å². The van der Waals surface area contributed by atoms with E-state index in [2.05, 4.69) is 4.72 Å². The van der Waals surface area contributed by atoms with Gasteiger partial charge in [-0.15, -0.1) is 0 Å². The molecule has 6 heteroatoms. The molecule has 0 atom stereocenters. The summed E-state index contributed by atoms with van der Waals surface area (Å²) < 4.78 is 45.0. The number of rotatable bonds is 6. The molecule has 0 bridgehead atoms. The quantitative estimate of drug-likeness (QED) is 0.881. The van der Waals surface area contributed by atoms with Gasteiger partial charge in [0.25, 0.3) is 0 Å². The lowest BCUT2D eigenvalue weighted by atomic mass is 10.0. The Kier molecular flexibility index (Phi) is 5.38. The Morgan fingerprint density at radius 1 is 1.09 bits per heavy atom. The summed E-state index contributed by atoms with van der Waals surface area (Å²) in [5, 5.41) is 0. The van der Waals surface area contributed by atoms with Crippen LogP contribution in [0.3, 0.4) is 0 Å². The smallest absolute Gasteiger partial charge is 0.216 e. The van der Waals surface area contributed by atoms with Crippen LogP contribution in [0.2, 0.25) is 0 Å². The second-order valence-corrected chi connectivity index (χ2v) is 7.26. The average molecular weight is 337 g/mol. The minimum Gasteiger partial charge on any atom is -0.496 e. The van der Waals surface area contributed by atoms with Crippen molar-refractivity contribution in [2.45, 2.75) is 26.1 Å². The van der Waals surface area contributed by atoms with Crippen LogP contribution >= 0.6 is 0 Å². The van der Waals surface area contributed by atoms with Crippen LogP contribution in [0.5, 0.6) is 5.75 Å². The van der Waals surface area contributed by atoms with E-state index in [-0.39, 0.29) is 18.1 Å². The summed E-state index contributed by atoms with van der Waals surface area (Å²) in [6.45, 7) is 4.03. The lowest BCUT2D eigenvalue weighted by molar-refractivity contribution is 0.411. The average Bonchev–Trinajstić information content (AvgIpc) is 2.50. The minimum absolute atomic E-state index is 0.179. The summed E-state index contributed by atoms with van der Waals surface area (Å²) in [6, 6.07) is 9.24. The van der Waals surface area contributed by atoms with E-state index in [0.29, 0.717) is 5.56 Å². The maximum absolute atomic E-state index is 12.9. The number of methoxy groups -OCH3 is 1. The van der Waals surface area contributed by atoms with E-state index in [1.54, 1.807) is 7.11 Å². The standard InChI is InChI=1S/C17H20FNO3S/c1-12-9-17(22-3)13(2)8-15(12)10-19-23(20,21)11-14-4-6-16(18)7-5-14/h4-9,19H,10-11H2,1-3H3. The summed E-state index contributed by atoms with van der Waals surface area (Å²) in [5.74, 6) is 0.213. The highest BCUT2D eigenvalue weighted by atomic mass is 32.2. The molecule has 0 saturated heterocycles. The third-order valence-electron chi connectivity index (χ3n) is 3.61. The highest BCUT2D eigenvalue weighted by Gasteiger charge is 2.13. The van der Waals surface area contributed by atoms with Crippen molar-refractivity contribution in [1.29, 1.82) is 0 Å². The molecule has 0 heterocycles. The molecule has 2 aromatic rings. The van der Waals surface area contributed by atoms with Gasteiger partial charge in [-0.05, 0) is 54.3 Å². The van der Waals surface area contributed by atoms with Crippen molar-refractivity contribution in [3.8, 4) is 5.75 Å². The first-order chi connectivity index (χ1) is 10.8. The zero-order chi connectivity index (χ0) is 17.0. The molecule has 0 aliphatic heterocycles. The van der Waals surface area contributed by atoms with E-state index in [0.717, 1.165) is 22.4 Å². The fraction of sp³-hybridized carbons (Fsp3) is 0.294. The molecule has 2 aromatic carbocycles. The predicted octanol–water partition coefficient (Wildman–Crippen LogP) is 3.07. The van der Waals surface area contributed by atoms with Crippen molar-refractivity contribution < 1.29 is 17.5 Å². The van der Waals surface area contributed by atoms with Gasteiger partial charge in [-0.1, -0.05) is 18.2 Å². The molecule has 0 aliphatic carbocycles. The van der Waals surface area contributed by atoms with Gasteiger partial charge in [-0.2, -0.15) is 0 Å². The SMILES string of the molecule is COc1cc(C)c(CNS(=O)(=O)Cc2ccc(F)cc2)cc1C. The summed E-state index contributed by atoms with van der Waals surface area (Å²) in [4.78, 5) is 0. The number of hydrogen-bond donors (Lipinski definition) is 1. The molecule has 0 radical (unpaired) electrons. The van der Waals surface area contributed by atoms with Crippen LogP contribution in [0, 0.1) is 19.7 Å². The third kappa shape index (κ3) is 4.77. The normalized spacial score (nSPS) is 11.5. The molecule has 0 amide bonds. The molecule has 4 nitrogen and oxygen atoms in total. The van der Waals surface area contributed by atoms with Crippen LogP contribution in [0.1, 0.15) is 22.3 Å². The summed E-state index contributed by atoms with van der Waals surface area (Å²) in [5.41, 5.74) is 3.34. The van der Waals surface area contributed by atoms with Crippen LogP contribution < -0.4 is 9.46 Å². The van der Waals surface area contributed by atoms with Crippen LogP contribution in [0.15, 0.2) is 36.4 Å². The lowest BCUT2D eigenvalue weighted by Crippen LogP contribution is -2.25. The molecule has 0 spiro atoms. The third-order valence-corrected chi connectivity index (χ3v) is 4.90. The van der Waals surface area contributed by atoms with Crippen molar-refractivity contribution in [2.75, 3.05) is 7.11 Å². The van der Waals surface area contributed by atoms with Crippen molar-refractivity contribution in [1.82, 2.24) is 4.72 Å². The molecular formula is C17H20FNO3S. The fourth-order valence-electron chi connectivity index (χ4n) is 2.30. The number of hydrogen-bond acceptors (Lipinski definition) is 3. The van der Waals surface area contributed by atoms with Gasteiger partial charge in [0.1, 0.15) is 11.6 Å². The Morgan fingerprint density at radius 3 is 2.35 bits per heavy atom. The highest BCUT2D eigenvalue weighted by molar-refractivity contribution is 7.88. The first-order valence-electron chi connectivity index (χ1n) is 7.16. The monoisotopic (exact) mass is 337 g/mol. The maximum Gasteiger partial charge on any atom is 0.216 e. The molecule has 0 fully saturated rings. The van der Waals surface area contributed by atoms with E-state index in [9.17, 15) is 12.8 Å². The van der Waals surface area contributed by atoms with E-state index < -0.39 is 10.0 Å². The van der Waals surface area contributed by atoms with Crippen molar-refractivity contribution in [2.24, 2.45) is 0 Å². The van der Waals surface area contributed by atoms with Gasteiger partial charge >= 0.3 is 0 Å². The Balaban J connectivity index is 2.07. The minimum atomic E-state index is -3.49. The van der Waals surface area contributed by atoms with Crippen LogP contribution in [0.4, 0.5) is 4.39 Å². The number of benzene rings is 2. The highest BCUT2D eigenvalue weighted by Crippen LogP contribution is 2.22. The zero-order valence-corrected chi connectivity index (χ0v) is 14.2.